The molecular formula is C20H24N4O2. The second kappa shape index (κ2) is 7.47. The molecule has 0 fully saturated rings. The van der Waals surface area contributed by atoms with Crippen LogP contribution in [0.15, 0.2) is 47.1 Å². The molecular weight excluding hydrogens is 328 g/mol. The van der Waals surface area contributed by atoms with Gasteiger partial charge in [0.25, 0.3) is 5.91 Å². The number of amides is 1. The van der Waals surface area contributed by atoms with E-state index in [1.807, 2.05) is 73.9 Å². The molecule has 0 saturated heterocycles. The van der Waals surface area contributed by atoms with Crippen LogP contribution in [0.2, 0.25) is 0 Å². The predicted molar refractivity (Wildman–Crippen MR) is 103 cm³/mol. The van der Waals surface area contributed by atoms with Crippen LogP contribution < -0.4 is 10.2 Å². The van der Waals surface area contributed by atoms with Crippen LogP contribution in [-0.2, 0) is 6.54 Å². The first-order chi connectivity index (χ1) is 12.5. The van der Waals surface area contributed by atoms with Gasteiger partial charge in [0.15, 0.2) is 0 Å². The molecule has 0 saturated carbocycles. The summed E-state index contributed by atoms with van der Waals surface area (Å²) in [5.74, 6) is 0.734. The van der Waals surface area contributed by atoms with E-state index in [0.29, 0.717) is 18.7 Å². The van der Waals surface area contributed by atoms with E-state index in [2.05, 4.69) is 10.4 Å². The highest BCUT2D eigenvalue weighted by molar-refractivity contribution is 5.95. The highest BCUT2D eigenvalue weighted by Crippen LogP contribution is 2.27. The molecule has 0 unspecified atom stereocenters. The Morgan fingerprint density at radius 2 is 2.04 bits per heavy atom. The fraction of sp³-hybridized carbons (Fsp3) is 0.300. The maximum absolute atomic E-state index is 12.4. The lowest BCUT2D eigenvalue weighted by atomic mass is 10.1. The van der Waals surface area contributed by atoms with Crippen molar-refractivity contribution in [2.45, 2.75) is 20.4 Å². The summed E-state index contributed by atoms with van der Waals surface area (Å²) in [5.41, 5.74) is 4.61. The third-order valence-corrected chi connectivity index (χ3v) is 4.38. The van der Waals surface area contributed by atoms with Crippen LogP contribution >= 0.6 is 0 Å². The Morgan fingerprint density at radius 1 is 1.23 bits per heavy atom. The number of hydrogen-bond acceptors (Lipinski definition) is 4. The van der Waals surface area contributed by atoms with Crippen molar-refractivity contribution in [3.63, 3.8) is 0 Å². The first kappa shape index (κ1) is 17.8. The number of furan rings is 1. The van der Waals surface area contributed by atoms with Crippen LogP contribution in [0.25, 0.3) is 11.3 Å². The number of hydrogen-bond donors (Lipinski definition) is 1. The molecule has 1 aromatic carbocycles. The van der Waals surface area contributed by atoms with Crippen molar-refractivity contribution < 1.29 is 9.21 Å². The van der Waals surface area contributed by atoms with Gasteiger partial charge in [-0.25, -0.2) is 0 Å². The Kier molecular flexibility index (Phi) is 5.11. The van der Waals surface area contributed by atoms with E-state index in [1.165, 1.54) is 0 Å². The molecule has 0 aliphatic rings. The van der Waals surface area contributed by atoms with Gasteiger partial charge in [-0.3, -0.25) is 9.48 Å². The Bertz CT molecular complexity index is 895. The molecule has 0 spiro atoms. The molecule has 0 aliphatic carbocycles. The first-order valence-corrected chi connectivity index (χ1v) is 8.61. The number of anilines is 1. The van der Waals surface area contributed by atoms with Gasteiger partial charge in [-0.15, -0.1) is 0 Å². The summed E-state index contributed by atoms with van der Waals surface area (Å²) < 4.78 is 7.40. The molecule has 26 heavy (non-hydrogen) atoms. The van der Waals surface area contributed by atoms with Crippen LogP contribution in [0, 0.1) is 13.8 Å². The molecule has 136 valence electrons. The van der Waals surface area contributed by atoms with Crippen molar-refractivity contribution in [3.05, 3.63) is 59.6 Å². The van der Waals surface area contributed by atoms with Gasteiger partial charge in [0.2, 0.25) is 0 Å². The van der Waals surface area contributed by atoms with E-state index < -0.39 is 0 Å². The van der Waals surface area contributed by atoms with Crippen molar-refractivity contribution in [2.75, 3.05) is 25.5 Å². The summed E-state index contributed by atoms with van der Waals surface area (Å²) >= 11 is 0. The lowest BCUT2D eigenvalue weighted by Crippen LogP contribution is -2.28. The summed E-state index contributed by atoms with van der Waals surface area (Å²) in [7, 11) is 3.91. The molecule has 3 rings (SSSR count). The van der Waals surface area contributed by atoms with Crippen molar-refractivity contribution in [1.82, 2.24) is 15.1 Å². The van der Waals surface area contributed by atoms with Crippen molar-refractivity contribution in [1.29, 1.82) is 0 Å². The summed E-state index contributed by atoms with van der Waals surface area (Å²) in [6.07, 6.45) is 1.66. The Hall–Kier alpha value is -3.02. The molecule has 1 amide bonds. The summed E-state index contributed by atoms with van der Waals surface area (Å²) in [6.45, 7) is 5.09. The minimum atomic E-state index is -0.0820. The SMILES string of the molecule is Cc1nn(CCNC(=O)c2cccc(N(C)C)c2)c(C)c1-c1ccco1. The van der Waals surface area contributed by atoms with Gasteiger partial charge < -0.3 is 14.6 Å². The van der Waals surface area contributed by atoms with E-state index in [0.717, 1.165) is 28.4 Å². The van der Waals surface area contributed by atoms with E-state index in [4.69, 9.17) is 4.42 Å². The molecule has 6 nitrogen and oxygen atoms in total. The smallest absolute Gasteiger partial charge is 0.251 e. The van der Waals surface area contributed by atoms with Crippen LogP contribution in [0.1, 0.15) is 21.7 Å². The third kappa shape index (κ3) is 3.64. The van der Waals surface area contributed by atoms with Crippen molar-refractivity contribution in [2.24, 2.45) is 0 Å². The molecule has 3 aromatic rings. The summed E-state index contributed by atoms with van der Waals surface area (Å²) in [4.78, 5) is 14.4. The molecule has 0 bridgehead atoms. The quantitative estimate of drug-likeness (QED) is 0.740. The fourth-order valence-corrected chi connectivity index (χ4v) is 2.99. The van der Waals surface area contributed by atoms with Crippen molar-refractivity contribution >= 4 is 11.6 Å². The molecule has 1 N–H and O–H groups in total. The fourth-order valence-electron chi connectivity index (χ4n) is 2.99. The number of aromatic nitrogens is 2. The third-order valence-electron chi connectivity index (χ3n) is 4.38. The number of carbonyl (C=O) groups excluding carboxylic acids is 1. The van der Waals surface area contributed by atoms with Crippen LogP contribution in [0.5, 0.6) is 0 Å². The number of nitrogens with one attached hydrogen (secondary N) is 1. The highest BCUT2D eigenvalue weighted by Gasteiger charge is 2.15. The monoisotopic (exact) mass is 352 g/mol. The average molecular weight is 352 g/mol. The van der Waals surface area contributed by atoms with E-state index in [-0.39, 0.29) is 5.91 Å². The topological polar surface area (TPSA) is 63.3 Å². The predicted octanol–water partition coefficient (Wildman–Crippen LogP) is 3.26. The van der Waals surface area contributed by atoms with Gasteiger partial charge in [-0.05, 0) is 44.2 Å². The van der Waals surface area contributed by atoms with Gasteiger partial charge in [-0.2, -0.15) is 5.10 Å². The van der Waals surface area contributed by atoms with Gasteiger partial charge in [0.05, 0.1) is 24.1 Å². The van der Waals surface area contributed by atoms with Crippen molar-refractivity contribution in [3.8, 4) is 11.3 Å². The van der Waals surface area contributed by atoms with Gasteiger partial charge in [-0.1, -0.05) is 6.07 Å². The lowest BCUT2D eigenvalue weighted by Gasteiger charge is -2.13. The highest BCUT2D eigenvalue weighted by atomic mass is 16.3. The van der Waals surface area contributed by atoms with Gasteiger partial charge in [0, 0.05) is 37.6 Å². The second-order valence-corrected chi connectivity index (χ2v) is 6.45. The maximum atomic E-state index is 12.4. The van der Waals surface area contributed by atoms with Crippen LogP contribution in [0.4, 0.5) is 5.69 Å². The summed E-state index contributed by atoms with van der Waals surface area (Å²) in [5, 5.41) is 7.53. The van der Waals surface area contributed by atoms with E-state index in [1.54, 1.807) is 6.26 Å². The van der Waals surface area contributed by atoms with Gasteiger partial charge >= 0.3 is 0 Å². The molecule has 0 aliphatic heterocycles. The molecule has 6 heteroatoms. The zero-order valence-corrected chi connectivity index (χ0v) is 15.6. The normalized spacial score (nSPS) is 10.8. The molecule has 2 heterocycles. The molecule has 2 aromatic heterocycles. The average Bonchev–Trinajstić information content (AvgIpc) is 3.23. The Balaban J connectivity index is 1.64. The van der Waals surface area contributed by atoms with Crippen LogP contribution in [-0.4, -0.2) is 36.3 Å². The first-order valence-electron chi connectivity index (χ1n) is 8.61. The minimum Gasteiger partial charge on any atom is -0.464 e. The zero-order valence-electron chi connectivity index (χ0n) is 15.6. The molecule has 0 radical (unpaired) electrons. The lowest BCUT2D eigenvalue weighted by molar-refractivity contribution is 0.0952. The van der Waals surface area contributed by atoms with Crippen LogP contribution in [0.3, 0.4) is 0 Å². The van der Waals surface area contributed by atoms with E-state index >= 15 is 0 Å². The number of aryl methyl sites for hydroxylation is 1. The number of benzene rings is 1. The number of nitrogens with zero attached hydrogens (tertiary/aromatic N) is 3. The standard InChI is InChI=1S/C20H24N4O2/c1-14-19(18-9-6-12-26-18)15(2)24(22-14)11-10-21-20(25)16-7-5-8-17(13-16)23(3)4/h5-9,12-13H,10-11H2,1-4H3,(H,21,25). The number of rotatable bonds is 6. The number of carbonyl (C=O) groups is 1. The maximum Gasteiger partial charge on any atom is 0.251 e. The second-order valence-electron chi connectivity index (χ2n) is 6.45. The minimum absolute atomic E-state index is 0.0820. The molecule has 0 atom stereocenters. The van der Waals surface area contributed by atoms with E-state index in [9.17, 15) is 4.79 Å². The van der Waals surface area contributed by atoms with Gasteiger partial charge in [0.1, 0.15) is 5.76 Å². The Labute approximate surface area is 153 Å². The zero-order chi connectivity index (χ0) is 18.7. The largest absolute Gasteiger partial charge is 0.464 e. The summed E-state index contributed by atoms with van der Waals surface area (Å²) in [6, 6.07) is 11.4. The Morgan fingerprint density at radius 3 is 2.73 bits per heavy atom.